The number of amides is 1. The fraction of sp³-hybridized carbons (Fsp3) is 0.280. The number of piperazine rings is 1. The molecule has 0 atom stereocenters. The van der Waals surface area contributed by atoms with Gasteiger partial charge >= 0.3 is 5.97 Å². The van der Waals surface area contributed by atoms with Crippen molar-refractivity contribution in [3.8, 4) is 5.75 Å². The molecule has 3 aromatic carbocycles. The molecule has 9 heteroatoms. The van der Waals surface area contributed by atoms with Gasteiger partial charge in [0.15, 0.2) is 6.61 Å². The van der Waals surface area contributed by atoms with Gasteiger partial charge in [-0.2, -0.15) is 4.31 Å². The number of benzene rings is 3. The monoisotopic (exact) mass is 482 g/mol. The number of hydrogen-bond donors (Lipinski definition) is 0. The van der Waals surface area contributed by atoms with Crippen LogP contribution in [-0.4, -0.2) is 68.9 Å². The molecular weight excluding hydrogens is 456 g/mol. The number of sulfonamides is 1. The summed E-state index contributed by atoms with van der Waals surface area (Å²) >= 11 is 0. The zero-order chi connectivity index (χ0) is 24.1. The molecule has 1 fully saturated rings. The molecular formula is C25H26N2O6S. The first-order chi connectivity index (χ1) is 16.4. The number of fused-ring (bicyclic) bond motifs is 1. The maximum absolute atomic E-state index is 13.1. The van der Waals surface area contributed by atoms with Crippen LogP contribution in [0.2, 0.25) is 0 Å². The standard InChI is InChI=1S/C25H26N2O6S/c1-2-32-23-10-6-5-9-22(23)25(29)33-18-24(28)26-13-15-27(16-14-26)34(30,31)21-12-11-19-7-3-4-8-20(19)17-21/h3-12,17H,2,13-16,18H2,1H3. The van der Waals surface area contributed by atoms with Gasteiger partial charge in [0.1, 0.15) is 11.3 Å². The second-order valence-corrected chi connectivity index (χ2v) is 9.74. The van der Waals surface area contributed by atoms with E-state index in [1.807, 2.05) is 31.2 Å². The molecule has 1 aliphatic rings. The van der Waals surface area contributed by atoms with Crippen molar-refractivity contribution in [2.24, 2.45) is 0 Å². The molecule has 34 heavy (non-hydrogen) atoms. The summed E-state index contributed by atoms with van der Waals surface area (Å²) in [4.78, 5) is 26.7. The van der Waals surface area contributed by atoms with Gasteiger partial charge in [0.2, 0.25) is 10.0 Å². The van der Waals surface area contributed by atoms with Crippen molar-refractivity contribution < 1.29 is 27.5 Å². The maximum Gasteiger partial charge on any atom is 0.342 e. The Labute approximate surface area is 198 Å². The molecule has 0 bridgehead atoms. The molecule has 0 saturated carbocycles. The lowest BCUT2D eigenvalue weighted by atomic mass is 10.1. The second kappa shape index (κ2) is 10.2. The van der Waals surface area contributed by atoms with Gasteiger partial charge in [-0.25, -0.2) is 13.2 Å². The molecule has 3 aromatic rings. The predicted octanol–water partition coefficient (Wildman–Crippen LogP) is 2.93. The zero-order valence-corrected chi connectivity index (χ0v) is 19.7. The molecule has 0 aromatic heterocycles. The fourth-order valence-corrected chi connectivity index (χ4v) is 5.33. The minimum atomic E-state index is -3.68. The van der Waals surface area contributed by atoms with Crippen LogP contribution in [0.3, 0.4) is 0 Å². The van der Waals surface area contributed by atoms with Crippen molar-refractivity contribution in [1.82, 2.24) is 9.21 Å². The lowest BCUT2D eigenvalue weighted by Gasteiger charge is -2.33. The van der Waals surface area contributed by atoms with Crippen molar-refractivity contribution in [1.29, 1.82) is 0 Å². The molecule has 178 valence electrons. The summed E-state index contributed by atoms with van der Waals surface area (Å²) in [5, 5.41) is 1.82. The second-order valence-electron chi connectivity index (χ2n) is 7.80. The molecule has 1 saturated heterocycles. The average Bonchev–Trinajstić information content (AvgIpc) is 2.87. The van der Waals surface area contributed by atoms with Gasteiger partial charge in [0.25, 0.3) is 5.91 Å². The minimum Gasteiger partial charge on any atom is -0.493 e. The van der Waals surface area contributed by atoms with Gasteiger partial charge in [-0.15, -0.1) is 0 Å². The third kappa shape index (κ3) is 5.05. The molecule has 0 radical (unpaired) electrons. The van der Waals surface area contributed by atoms with Gasteiger partial charge in [-0.1, -0.05) is 42.5 Å². The van der Waals surface area contributed by atoms with E-state index in [4.69, 9.17) is 9.47 Å². The van der Waals surface area contributed by atoms with Crippen molar-refractivity contribution in [3.63, 3.8) is 0 Å². The van der Waals surface area contributed by atoms with Crippen LogP contribution in [0.15, 0.2) is 71.6 Å². The highest BCUT2D eigenvalue weighted by molar-refractivity contribution is 7.89. The Hall–Kier alpha value is -3.43. The Bertz CT molecular complexity index is 1300. The molecule has 0 aliphatic carbocycles. The molecule has 0 spiro atoms. The Balaban J connectivity index is 1.34. The number of para-hydroxylation sites is 1. The first kappa shape index (κ1) is 23.7. The molecule has 4 rings (SSSR count). The molecule has 1 heterocycles. The van der Waals surface area contributed by atoms with Crippen LogP contribution < -0.4 is 4.74 Å². The average molecular weight is 483 g/mol. The van der Waals surface area contributed by atoms with E-state index in [1.54, 1.807) is 42.5 Å². The van der Waals surface area contributed by atoms with E-state index >= 15 is 0 Å². The summed E-state index contributed by atoms with van der Waals surface area (Å²) in [7, 11) is -3.68. The molecule has 1 aliphatic heterocycles. The number of esters is 1. The normalized spacial score (nSPS) is 14.7. The third-order valence-electron chi connectivity index (χ3n) is 5.68. The van der Waals surface area contributed by atoms with Gasteiger partial charge < -0.3 is 14.4 Å². The minimum absolute atomic E-state index is 0.169. The lowest BCUT2D eigenvalue weighted by Crippen LogP contribution is -2.51. The Morgan fingerprint density at radius 3 is 2.29 bits per heavy atom. The number of rotatable bonds is 7. The summed E-state index contributed by atoms with van der Waals surface area (Å²) in [6, 6.07) is 19.3. The summed E-state index contributed by atoms with van der Waals surface area (Å²) in [6.45, 7) is 2.57. The Kier molecular flexibility index (Phi) is 7.14. The van der Waals surface area contributed by atoms with Crippen LogP contribution in [0.4, 0.5) is 0 Å². The van der Waals surface area contributed by atoms with E-state index in [1.165, 1.54) is 9.21 Å². The lowest BCUT2D eigenvalue weighted by molar-refractivity contribution is -0.135. The predicted molar refractivity (Wildman–Crippen MR) is 127 cm³/mol. The third-order valence-corrected chi connectivity index (χ3v) is 7.58. The Morgan fingerprint density at radius 2 is 1.56 bits per heavy atom. The van der Waals surface area contributed by atoms with Crippen LogP contribution in [0.1, 0.15) is 17.3 Å². The molecule has 8 nitrogen and oxygen atoms in total. The highest BCUT2D eigenvalue weighted by atomic mass is 32.2. The van der Waals surface area contributed by atoms with E-state index in [0.717, 1.165) is 10.8 Å². The summed E-state index contributed by atoms with van der Waals surface area (Å²) in [5.74, 6) is -0.616. The zero-order valence-electron chi connectivity index (χ0n) is 18.8. The first-order valence-corrected chi connectivity index (χ1v) is 12.5. The van der Waals surface area contributed by atoms with E-state index in [0.29, 0.717) is 12.4 Å². The highest BCUT2D eigenvalue weighted by Gasteiger charge is 2.30. The van der Waals surface area contributed by atoms with E-state index < -0.39 is 22.6 Å². The van der Waals surface area contributed by atoms with E-state index in [9.17, 15) is 18.0 Å². The van der Waals surface area contributed by atoms with E-state index in [2.05, 4.69) is 0 Å². The Morgan fingerprint density at radius 1 is 0.882 bits per heavy atom. The first-order valence-electron chi connectivity index (χ1n) is 11.1. The van der Waals surface area contributed by atoms with Crippen LogP contribution >= 0.6 is 0 Å². The van der Waals surface area contributed by atoms with E-state index in [-0.39, 0.29) is 42.5 Å². The van der Waals surface area contributed by atoms with Gasteiger partial charge in [-0.3, -0.25) is 4.79 Å². The number of nitrogens with zero attached hydrogens (tertiary/aromatic N) is 2. The van der Waals surface area contributed by atoms with Gasteiger partial charge in [0.05, 0.1) is 11.5 Å². The van der Waals surface area contributed by atoms with Gasteiger partial charge in [-0.05, 0) is 42.0 Å². The SMILES string of the molecule is CCOc1ccccc1C(=O)OCC(=O)N1CCN(S(=O)(=O)c2ccc3ccccc3c2)CC1. The summed E-state index contributed by atoms with van der Waals surface area (Å²) in [5.41, 5.74) is 0.253. The van der Waals surface area contributed by atoms with Crippen molar-refractivity contribution in [3.05, 3.63) is 72.3 Å². The van der Waals surface area contributed by atoms with Crippen molar-refractivity contribution in [2.75, 3.05) is 39.4 Å². The fourth-order valence-electron chi connectivity index (χ4n) is 3.87. The van der Waals surface area contributed by atoms with Crippen molar-refractivity contribution in [2.45, 2.75) is 11.8 Å². The van der Waals surface area contributed by atoms with Crippen LogP contribution in [-0.2, 0) is 19.6 Å². The highest BCUT2D eigenvalue weighted by Crippen LogP contribution is 2.23. The quantitative estimate of drug-likeness (QED) is 0.481. The summed E-state index contributed by atoms with van der Waals surface area (Å²) < 4.78 is 38.2. The number of hydrogen-bond acceptors (Lipinski definition) is 6. The smallest absolute Gasteiger partial charge is 0.342 e. The number of ether oxygens (including phenoxy) is 2. The maximum atomic E-state index is 13.1. The largest absolute Gasteiger partial charge is 0.493 e. The topological polar surface area (TPSA) is 93.2 Å². The summed E-state index contributed by atoms with van der Waals surface area (Å²) in [6.07, 6.45) is 0. The van der Waals surface area contributed by atoms with Crippen molar-refractivity contribution >= 4 is 32.7 Å². The van der Waals surface area contributed by atoms with Crippen LogP contribution in [0.5, 0.6) is 5.75 Å². The molecule has 1 amide bonds. The molecule has 0 N–H and O–H groups in total. The molecule has 0 unspecified atom stereocenters. The van der Waals surface area contributed by atoms with Crippen LogP contribution in [0.25, 0.3) is 10.8 Å². The van der Waals surface area contributed by atoms with Gasteiger partial charge in [0, 0.05) is 26.2 Å². The number of carbonyl (C=O) groups is 2. The van der Waals surface area contributed by atoms with Crippen LogP contribution in [0, 0.1) is 0 Å². The number of carbonyl (C=O) groups excluding carboxylic acids is 2.